The third kappa shape index (κ3) is 2.25. The van der Waals surface area contributed by atoms with Gasteiger partial charge in [-0.05, 0) is 35.7 Å². The second-order valence-corrected chi connectivity index (χ2v) is 7.90. The lowest BCUT2D eigenvalue weighted by Crippen LogP contribution is -2.33. The highest BCUT2D eigenvalue weighted by atomic mass is 35.5. The molecule has 0 fully saturated rings. The molecule has 4 aromatic rings. The molecule has 0 spiro atoms. The van der Waals surface area contributed by atoms with Crippen LogP contribution < -0.4 is 11.2 Å². The summed E-state index contributed by atoms with van der Waals surface area (Å²) in [5.74, 6) is 0. The maximum atomic E-state index is 13.1. The predicted molar refractivity (Wildman–Crippen MR) is 94.8 cm³/mol. The van der Waals surface area contributed by atoms with Crippen LogP contribution in [0, 0.1) is 0 Å². The molecule has 0 radical (unpaired) electrons. The van der Waals surface area contributed by atoms with Crippen LogP contribution >= 0.6 is 11.6 Å². The van der Waals surface area contributed by atoms with Gasteiger partial charge in [-0.3, -0.25) is 4.79 Å². The Hall–Kier alpha value is -3.04. The maximum Gasteiger partial charge on any atom is 0.362 e. The molecule has 8 nitrogen and oxygen atoms in total. The number of benzene rings is 2. The van der Waals surface area contributed by atoms with Crippen LogP contribution in [0.2, 0.25) is 5.02 Å². The van der Waals surface area contributed by atoms with Crippen molar-refractivity contribution in [3.8, 4) is 0 Å². The molecule has 26 heavy (non-hydrogen) atoms. The zero-order valence-electron chi connectivity index (χ0n) is 12.9. The van der Waals surface area contributed by atoms with Crippen LogP contribution in [0.3, 0.4) is 0 Å². The Morgan fingerprint density at radius 1 is 1.08 bits per heavy atom. The smallest absolute Gasteiger partial charge is 0.362 e. The molecule has 2 heterocycles. The van der Waals surface area contributed by atoms with Crippen molar-refractivity contribution in [1.29, 1.82) is 0 Å². The van der Waals surface area contributed by atoms with Crippen LogP contribution in [0.4, 0.5) is 0 Å². The van der Waals surface area contributed by atoms with E-state index in [2.05, 4.69) is 9.97 Å². The first-order valence-corrected chi connectivity index (χ1v) is 9.16. The number of hydrogen-bond acceptors (Lipinski definition) is 5. The number of fused-ring (bicyclic) bond motifs is 2. The Morgan fingerprint density at radius 3 is 2.62 bits per heavy atom. The minimum atomic E-state index is -4.08. The lowest BCUT2D eigenvalue weighted by atomic mass is 10.2. The van der Waals surface area contributed by atoms with Crippen molar-refractivity contribution >= 4 is 43.2 Å². The summed E-state index contributed by atoms with van der Waals surface area (Å²) in [7, 11) is -4.08. The molecule has 0 amide bonds. The molecule has 2 aromatic carbocycles. The SMILES string of the molecule is O=c1[nH]c2c(S(=O)(=O)c3ccc4cc[nH]c4c3)ccc(Cl)c2c(=O)n1O. The van der Waals surface area contributed by atoms with Gasteiger partial charge in [-0.2, -0.15) is 0 Å². The summed E-state index contributed by atoms with van der Waals surface area (Å²) in [4.78, 5) is 28.7. The summed E-state index contributed by atoms with van der Waals surface area (Å²) in [5, 5.41) is 9.93. The van der Waals surface area contributed by atoms with Crippen LogP contribution in [-0.4, -0.2) is 28.3 Å². The molecule has 132 valence electrons. The molecular weight excluding hydrogens is 382 g/mol. The highest BCUT2D eigenvalue weighted by Gasteiger charge is 2.24. The number of nitrogens with one attached hydrogen (secondary N) is 2. The van der Waals surface area contributed by atoms with Gasteiger partial charge in [-0.15, -0.1) is 0 Å². The van der Waals surface area contributed by atoms with E-state index in [9.17, 15) is 23.2 Å². The number of aromatic nitrogens is 3. The van der Waals surface area contributed by atoms with E-state index in [1.54, 1.807) is 18.3 Å². The van der Waals surface area contributed by atoms with Gasteiger partial charge < -0.3 is 15.2 Å². The number of sulfone groups is 1. The fourth-order valence-electron chi connectivity index (χ4n) is 2.79. The van der Waals surface area contributed by atoms with Crippen molar-refractivity contribution < 1.29 is 13.6 Å². The lowest BCUT2D eigenvalue weighted by Gasteiger charge is -2.09. The van der Waals surface area contributed by atoms with Gasteiger partial charge >= 0.3 is 5.69 Å². The monoisotopic (exact) mass is 391 g/mol. The number of rotatable bonds is 2. The van der Waals surface area contributed by atoms with Gasteiger partial charge in [0.25, 0.3) is 5.56 Å². The number of hydrogen-bond donors (Lipinski definition) is 3. The van der Waals surface area contributed by atoms with Gasteiger partial charge in [-0.25, -0.2) is 13.2 Å². The van der Waals surface area contributed by atoms with Gasteiger partial charge in [-0.1, -0.05) is 22.4 Å². The fourth-order valence-corrected chi connectivity index (χ4v) is 4.48. The minimum Gasteiger partial charge on any atom is -0.421 e. The predicted octanol–water partition coefficient (Wildman–Crippen LogP) is 1.89. The van der Waals surface area contributed by atoms with E-state index in [-0.39, 0.29) is 30.4 Å². The highest BCUT2D eigenvalue weighted by Crippen LogP contribution is 2.30. The summed E-state index contributed by atoms with van der Waals surface area (Å²) >= 11 is 5.97. The largest absolute Gasteiger partial charge is 0.421 e. The first kappa shape index (κ1) is 16.4. The molecule has 0 bridgehead atoms. The summed E-state index contributed by atoms with van der Waals surface area (Å²) < 4.78 is 26.0. The Morgan fingerprint density at radius 2 is 1.85 bits per heavy atom. The molecule has 0 unspecified atom stereocenters. The fraction of sp³-hybridized carbons (Fsp3) is 0. The van der Waals surface area contributed by atoms with E-state index in [0.29, 0.717) is 5.52 Å². The lowest BCUT2D eigenvalue weighted by molar-refractivity contribution is 0.162. The standard InChI is InChI=1S/C16H10ClN3O5S/c17-10-3-4-12(14-13(10)15(21)20(23)16(22)19-14)26(24,25)9-2-1-8-5-6-18-11(8)7-9/h1-7,18,23H,(H,19,22). The van der Waals surface area contributed by atoms with Crippen LogP contribution in [0.15, 0.2) is 62.0 Å². The molecule has 4 rings (SSSR count). The highest BCUT2D eigenvalue weighted by molar-refractivity contribution is 7.91. The molecule has 0 aliphatic rings. The zero-order valence-corrected chi connectivity index (χ0v) is 14.4. The van der Waals surface area contributed by atoms with E-state index >= 15 is 0 Å². The third-order valence-corrected chi connectivity index (χ3v) is 6.18. The Bertz CT molecular complexity index is 1420. The first-order chi connectivity index (χ1) is 12.3. The maximum absolute atomic E-state index is 13.1. The van der Waals surface area contributed by atoms with Crippen molar-refractivity contribution in [1.82, 2.24) is 14.7 Å². The molecule has 3 N–H and O–H groups in total. The second kappa shape index (κ2) is 5.48. The molecule has 0 aliphatic heterocycles. The van der Waals surface area contributed by atoms with Crippen LogP contribution in [0.25, 0.3) is 21.8 Å². The van der Waals surface area contributed by atoms with Gasteiger partial charge in [0.1, 0.15) is 0 Å². The van der Waals surface area contributed by atoms with Crippen molar-refractivity contribution in [2.75, 3.05) is 0 Å². The number of H-pyrrole nitrogens is 2. The van der Waals surface area contributed by atoms with Crippen molar-refractivity contribution in [2.45, 2.75) is 9.79 Å². The quantitative estimate of drug-likeness (QED) is 0.450. The summed E-state index contributed by atoms with van der Waals surface area (Å²) in [6, 6.07) is 8.75. The molecule has 0 saturated heterocycles. The Kier molecular flexibility index (Phi) is 3.46. The zero-order chi connectivity index (χ0) is 18.6. The van der Waals surface area contributed by atoms with Crippen molar-refractivity contribution in [3.05, 3.63) is 68.5 Å². The number of halogens is 1. The average Bonchev–Trinajstić information content (AvgIpc) is 3.07. The van der Waals surface area contributed by atoms with Gasteiger partial charge in [0, 0.05) is 11.7 Å². The van der Waals surface area contributed by atoms with Crippen LogP contribution in [0.5, 0.6) is 0 Å². The van der Waals surface area contributed by atoms with Crippen LogP contribution in [-0.2, 0) is 9.84 Å². The van der Waals surface area contributed by atoms with E-state index < -0.39 is 21.1 Å². The molecule has 0 aliphatic carbocycles. The molecule has 0 atom stereocenters. The topological polar surface area (TPSA) is 125 Å². The third-order valence-electron chi connectivity index (χ3n) is 4.07. The summed E-state index contributed by atoms with van der Waals surface area (Å²) in [6.45, 7) is 0. The van der Waals surface area contributed by atoms with Crippen molar-refractivity contribution in [2.24, 2.45) is 0 Å². The molecular formula is C16H10ClN3O5S. The van der Waals surface area contributed by atoms with E-state index in [4.69, 9.17) is 11.6 Å². The molecule has 10 heteroatoms. The Labute approximate surface area is 150 Å². The van der Waals surface area contributed by atoms with E-state index in [0.717, 1.165) is 5.39 Å². The number of nitrogens with zero attached hydrogens (tertiary/aromatic N) is 1. The number of aromatic amines is 2. The van der Waals surface area contributed by atoms with Gasteiger partial charge in [0.2, 0.25) is 9.84 Å². The van der Waals surface area contributed by atoms with Crippen molar-refractivity contribution in [3.63, 3.8) is 0 Å². The summed E-state index contributed by atoms with van der Waals surface area (Å²) in [5.41, 5.74) is -1.91. The summed E-state index contributed by atoms with van der Waals surface area (Å²) in [6.07, 6.45) is 1.68. The van der Waals surface area contributed by atoms with Gasteiger partial charge in [0.05, 0.1) is 25.7 Å². The minimum absolute atomic E-state index is 0.0231. The Balaban J connectivity index is 2.09. The molecule has 0 saturated carbocycles. The second-order valence-electron chi connectivity index (χ2n) is 5.57. The average molecular weight is 392 g/mol. The van der Waals surface area contributed by atoms with Gasteiger partial charge in [0.15, 0.2) is 0 Å². The first-order valence-electron chi connectivity index (χ1n) is 7.30. The van der Waals surface area contributed by atoms with E-state index in [1.807, 2.05) is 0 Å². The normalized spacial score (nSPS) is 12.0. The van der Waals surface area contributed by atoms with Crippen LogP contribution in [0.1, 0.15) is 0 Å². The molecule has 2 aromatic heterocycles. The van der Waals surface area contributed by atoms with E-state index in [1.165, 1.54) is 24.3 Å².